The molecule has 0 spiro atoms. The minimum atomic E-state index is -0.492. The van der Waals surface area contributed by atoms with E-state index in [4.69, 9.17) is 9.47 Å². The molecule has 1 aliphatic rings. The van der Waals surface area contributed by atoms with Gasteiger partial charge in [0.2, 0.25) is 5.78 Å². The molecular formula is C16H23N3O4. The molecule has 1 amide bonds. The molecule has 2 heterocycles. The zero-order valence-electron chi connectivity index (χ0n) is 13.8. The van der Waals surface area contributed by atoms with Gasteiger partial charge >= 0.3 is 6.09 Å². The van der Waals surface area contributed by atoms with E-state index in [1.807, 2.05) is 20.8 Å². The zero-order chi connectivity index (χ0) is 16.9. The van der Waals surface area contributed by atoms with Gasteiger partial charge in [0.05, 0.1) is 12.3 Å². The quantitative estimate of drug-likeness (QED) is 0.790. The van der Waals surface area contributed by atoms with Gasteiger partial charge in [0, 0.05) is 25.5 Å². The van der Waals surface area contributed by atoms with Crippen molar-refractivity contribution in [3.63, 3.8) is 0 Å². The Morgan fingerprint density at radius 3 is 2.52 bits per heavy atom. The van der Waals surface area contributed by atoms with E-state index in [1.54, 1.807) is 4.90 Å². The predicted molar refractivity (Wildman–Crippen MR) is 83.1 cm³/mol. The SMILES string of the molecule is CC(C)(C)OC(=O)N1CCC(OCC(=O)c2cnccn2)CC1. The van der Waals surface area contributed by atoms with Gasteiger partial charge in [-0.25, -0.2) is 9.78 Å². The first kappa shape index (κ1) is 17.3. The van der Waals surface area contributed by atoms with Gasteiger partial charge in [-0.15, -0.1) is 0 Å². The van der Waals surface area contributed by atoms with E-state index in [9.17, 15) is 9.59 Å². The first-order valence-electron chi connectivity index (χ1n) is 7.74. The number of carbonyl (C=O) groups excluding carboxylic acids is 2. The average molecular weight is 321 g/mol. The van der Waals surface area contributed by atoms with Crippen LogP contribution in [0.25, 0.3) is 0 Å². The number of hydrogen-bond donors (Lipinski definition) is 0. The fourth-order valence-electron chi connectivity index (χ4n) is 2.24. The van der Waals surface area contributed by atoms with Crippen molar-refractivity contribution < 1.29 is 19.1 Å². The Kier molecular flexibility index (Phi) is 5.65. The molecule has 1 aromatic heterocycles. The van der Waals surface area contributed by atoms with Crippen molar-refractivity contribution in [2.24, 2.45) is 0 Å². The highest BCUT2D eigenvalue weighted by molar-refractivity contribution is 5.94. The summed E-state index contributed by atoms with van der Waals surface area (Å²) in [7, 11) is 0. The molecule has 126 valence electrons. The van der Waals surface area contributed by atoms with Crippen molar-refractivity contribution >= 4 is 11.9 Å². The van der Waals surface area contributed by atoms with E-state index in [0.29, 0.717) is 31.6 Å². The van der Waals surface area contributed by atoms with E-state index >= 15 is 0 Å². The number of ether oxygens (including phenoxy) is 2. The normalized spacial score (nSPS) is 16.2. The molecule has 1 aliphatic heterocycles. The Balaban J connectivity index is 1.73. The number of carbonyl (C=O) groups is 2. The Labute approximate surface area is 136 Å². The Morgan fingerprint density at radius 1 is 1.26 bits per heavy atom. The Hall–Kier alpha value is -2.02. The van der Waals surface area contributed by atoms with Crippen LogP contribution in [0, 0.1) is 0 Å². The fourth-order valence-corrected chi connectivity index (χ4v) is 2.24. The maximum absolute atomic E-state index is 12.0. The van der Waals surface area contributed by atoms with E-state index < -0.39 is 5.60 Å². The fraction of sp³-hybridized carbons (Fsp3) is 0.625. The van der Waals surface area contributed by atoms with E-state index in [0.717, 1.165) is 0 Å². The van der Waals surface area contributed by atoms with Gasteiger partial charge < -0.3 is 14.4 Å². The second-order valence-corrected chi connectivity index (χ2v) is 6.49. The van der Waals surface area contributed by atoms with Gasteiger partial charge in [-0.05, 0) is 33.6 Å². The number of amides is 1. The third-order valence-electron chi connectivity index (χ3n) is 3.39. The average Bonchev–Trinajstić information content (AvgIpc) is 2.52. The van der Waals surface area contributed by atoms with Gasteiger partial charge in [0.25, 0.3) is 0 Å². The summed E-state index contributed by atoms with van der Waals surface area (Å²) in [6.45, 7) is 6.66. The standard InChI is InChI=1S/C16H23N3O4/c1-16(2,3)23-15(21)19-8-4-12(5-9-19)22-11-14(20)13-10-17-6-7-18-13/h6-7,10,12H,4-5,8-9,11H2,1-3H3. The number of hydrogen-bond acceptors (Lipinski definition) is 6. The van der Waals surface area contributed by atoms with E-state index in [1.165, 1.54) is 18.6 Å². The number of ketones is 1. The lowest BCUT2D eigenvalue weighted by molar-refractivity contribution is -0.00851. The summed E-state index contributed by atoms with van der Waals surface area (Å²) in [5.41, 5.74) is -0.188. The number of aromatic nitrogens is 2. The lowest BCUT2D eigenvalue weighted by Crippen LogP contribution is -2.43. The van der Waals surface area contributed by atoms with Crippen LogP contribution in [-0.4, -0.2) is 58.1 Å². The summed E-state index contributed by atoms with van der Waals surface area (Å²) in [5, 5.41) is 0. The smallest absolute Gasteiger partial charge is 0.410 e. The van der Waals surface area contributed by atoms with Crippen LogP contribution in [0.15, 0.2) is 18.6 Å². The van der Waals surface area contributed by atoms with Crippen LogP contribution in [0.4, 0.5) is 4.79 Å². The first-order valence-corrected chi connectivity index (χ1v) is 7.74. The summed E-state index contributed by atoms with van der Waals surface area (Å²) in [4.78, 5) is 33.4. The molecule has 1 saturated heterocycles. The lowest BCUT2D eigenvalue weighted by atomic mass is 10.1. The molecule has 0 saturated carbocycles. The molecule has 7 nitrogen and oxygen atoms in total. The molecule has 7 heteroatoms. The molecule has 23 heavy (non-hydrogen) atoms. The van der Waals surface area contributed by atoms with Crippen LogP contribution in [0.5, 0.6) is 0 Å². The van der Waals surface area contributed by atoms with Crippen molar-refractivity contribution in [2.75, 3.05) is 19.7 Å². The van der Waals surface area contributed by atoms with Gasteiger partial charge in [-0.3, -0.25) is 9.78 Å². The highest BCUT2D eigenvalue weighted by atomic mass is 16.6. The molecular weight excluding hydrogens is 298 g/mol. The maximum atomic E-state index is 12.0. The van der Waals surface area contributed by atoms with Gasteiger partial charge in [-0.1, -0.05) is 0 Å². The van der Waals surface area contributed by atoms with Crippen molar-refractivity contribution in [3.8, 4) is 0 Å². The number of likely N-dealkylation sites (tertiary alicyclic amines) is 1. The van der Waals surface area contributed by atoms with Crippen LogP contribution in [0.1, 0.15) is 44.1 Å². The van der Waals surface area contributed by atoms with E-state index in [-0.39, 0.29) is 24.6 Å². The van der Waals surface area contributed by atoms with Gasteiger partial charge in [0.1, 0.15) is 17.9 Å². The summed E-state index contributed by atoms with van der Waals surface area (Å²) in [6.07, 6.45) is 5.47. The van der Waals surface area contributed by atoms with Crippen molar-refractivity contribution in [3.05, 3.63) is 24.3 Å². The molecule has 1 aromatic rings. The molecule has 0 aliphatic carbocycles. The number of rotatable bonds is 4. The minimum Gasteiger partial charge on any atom is -0.444 e. The zero-order valence-corrected chi connectivity index (χ0v) is 13.8. The molecule has 0 aromatic carbocycles. The summed E-state index contributed by atoms with van der Waals surface area (Å²) in [5.74, 6) is -0.187. The Morgan fingerprint density at radius 2 is 1.96 bits per heavy atom. The monoisotopic (exact) mass is 321 g/mol. The Bertz CT molecular complexity index is 534. The van der Waals surface area contributed by atoms with Gasteiger partial charge in [0.15, 0.2) is 0 Å². The predicted octanol–water partition coefficient (Wildman–Crippen LogP) is 2.08. The van der Waals surface area contributed by atoms with Crippen molar-refractivity contribution in [1.82, 2.24) is 14.9 Å². The third-order valence-corrected chi connectivity index (χ3v) is 3.39. The van der Waals surface area contributed by atoms with E-state index in [2.05, 4.69) is 9.97 Å². The summed E-state index contributed by atoms with van der Waals surface area (Å²) >= 11 is 0. The maximum Gasteiger partial charge on any atom is 0.410 e. The van der Waals surface area contributed by atoms with Crippen molar-refractivity contribution in [2.45, 2.75) is 45.3 Å². The molecule has 1 fully saturated rings. The number of piperidine rings is 1. The van der Waals surface area contributed by atoms with Crippen LogP contribution in [0.3, 0.4) is 0 Å². The lowest BCUT2D eigenvalue weighted by Gasteiger charge is -2.33. The minimum absolute atomic E-state index is 0.0181. The van der Waals surface area contributed by atoms with Crippen LogP contribution in [0.2, 0.25) is 0 Å². The highest BCUT2D eigenvalue weighted by Crippen LogP contribution is 2.17. The topological polar surface area (TPSA) is 81.6 Å². The number of nitrogens with zero attached hydrogens (tertiary/aromatic N) is 3. The van der Waals surface area contributed by atoms with Crippen LogP contribution in [-0.2, 0) is 9.47 Å². The van der Waals surface area contributed by atoms with Crippen LogP contribution < -0.4 is 0 Å². The molecule has 0 N–H and O–H groups in total. The largest absolute Gasteiger partial charge is 0.444 e. The third kappa shape index (κ3) is 5.59. The number of Topliss-reactive ketones (excluding diaryl/α,β-unsaturated/α-hetero) is 1. The molecule has 0 atom stereocenters. The molecule has 2 rings (SSSR count). The summed E-state index contributed by atoms with van der Waals surface area (Å²) in [6, 6.07) is 0. The van der Waals surface area contributed by atoms with Crippen molar-refractivity contribution in [1.29, 1.82) is 0 Å². The molecule has 0 unspecified atom stereocenters. The molecule has 0 bridgehead atoms. The van der Waals surface area contributed by atoms with Gasteiger partial charge in [-0.2, -0.15) is 0 Å². The van der Waals surface area contributed by atoms with Crippen LogP contribution >= 0.6 is 0 Å². The molecule has 0 radical (unpaired) electrons. The first-order chi connectivity index (χ1) is 10.8. The second-order valence-electron chi connectivity index (χ2n) is 6.49. The summed E-state index contributed by atoms with van der Waals surface area (Å²) < 4.78 is 11.0. The highest BCUT2D eigenvalue weighted by Gasteiger charge is 2.27. The second kappa shape index (κ2) is 7.50.